The van der Waals surface area contributed by atoms with Gasteiger partial charge < -0.3 is 20.2 Å². The highest BCUT2D eigenvalue weighted by molar-refractivity contribution is 5.96. The Bertz CT molecular complexity index is 854. The van der Waals surface area contributed by atoms with Gasteiger partial charge in [-0.1, -0.05) is 24.3 Å². The predicted molar refractivity (Wildman–Crippen MR) is 112 cm³/mol. The van der Waals surface area contributed by atoms with Gasteiger partial charge in [-0.05, 0) is 61.1 Å². The maximum absolute atomic E-state index is 12.9. The van der Waals surface area contributed by atoms with E-state index < -0.39 is 0 Å². The topological polar surface area (TPSA) is 72.9 Å². The number of likely N-dealkylation sites (tertiary alicyclic amines) is 1. The van der Waals surface area contributed by atoms with Crippen molar-refractivity contribution in [2.75, 3.05) is 18.5 Å². The second-order valence-electron chi connectivity index (χ2n) is 7.79. The lowest BCUT2D eigenvalue weighted by Crippen LogP contribution is -2.44. The third-order valence-corrected chi connectivity index (χ3v) is 5.86. The van der Waals surface area contributed by atoms with Gasteiger partial charge in [-0.3, -0.25) is 4.79 Å². The fourth-order valence-corrected chi connectivity index (χ4v) is 4.26. The minimum atomic E-state index is -0.140. The Morgan fingerprint density at radius 3 is 2.34 bits per heavy atom. The minimum absolute atomic E-state index is 0.00369. The summed E-state index contributed by atoms with van der Waals surface area (Å²) in [4.78, 5) is 29.1. The van der Waals surface area contributed by atoms with Crippen molar-refractivity contribution in [2.24, 2.45) is 0 Å². The van der Waals surface area contributed by atoms with Crippen LogP contribution in [0.5, 0.6) is 0 Å². The molecular weight excluding hydrogens is 366 g/mol. The van der Waals surface area contributed by atoms with Gasteiger partial charge in [-0.2, -0.15) is 0 Å². The predicted octanol–water partition coefficient (Wildman–Crippen LogP) is 3.61. The van der Waals surface area contributed by atoms with Crippen LogP contribution < -0.4 is 5.32 Å². The molecule has 0 bridgehead atoms. The number of aliphatic hydroxyl groups excluding tert-OH is 1. The van der Waals surface area contributed by atoms with Crippen LogP contribution in [0.1, 0.15) is 47.2 Å². The van der Waals surface area contributed by atoms with Crippen LogP contribution in [-0.4, -0.2) is 46.0 Å². The highest BCUT2D eigenvalue weighted by Crippen LogP contribution is 2.24. The van der Waals surface area contributed by atoms with E-state index in [2.05, 4.69) is 5.32 Å². The highest BCUT2D eigenvalue weighted by Gasteiger charge is 2.27. The Balaban J connectivity index is 1.38. The molecule has 0 aliphatic carbocycles. The smallest absolute Gasteiger partial charge is 0.322 e. The lowest BCUT2D eigenvalue weighted by atomic mass is 9.98. The van der Waals surface area contributed by atoms with E-state index in [1.807, 2.05) is 29.2 Å². The van der Waals surface area contributed by atoms with Crippen LogP contribution in [0.15, 0.2) is 48.5 Å². The van der Waals surface area contributed by atoms with Gasteiger partial charge in [0.05, 0.1) is 0 Å². The fourth-order valence-electron chi connectivity index (χ4n) is 4.26. The Hall–Kier alpha value is -2.86. The Morgan fingerprint density at radius 1 is 1.00 bits per heavy atom. The summed E-state index contributed by atoms with van der Waals surface area (Å²) in [6.45, 7) is 2.05. The van der Waals surface area contributed by atoms with E-state index >= 15 is 0 Å². The third-order valence-electron chi connectivity index (χ3n) is 5.86. The van der Waals surface area contributed by atoms with Gasteiger partial charge in [0, 0.05) is 43.5 Å². The molecule has 2 aromatic rings. The first-order valence-electron chi connectivity index (χ1n) is 10.3. The number of carbonyl (C=O) groups is 2. The van der Waals surface area contributed by atoms with Crippen molar-refractivity contribution < 1.29 is 14.7 Å². The summed E-state index contributed by atoms with van der Waals surface area (Å²) in [5.74, 6) is -0.00369. The van der Waals surface area contributed by atoms with Crippen LogP contribution in [-0.2, 0) is 13.1 Å². The molecule has 0 radical (unpaired) electrons. The number of fused-ring (bicyclic) bond motifs is 1. The number of carbonyl (C=O) groups excluding carboxylic acids is 2. The summed E-state index contributed by atoms with van der Waals surface area (Å²) >= 11 is 0. The number of anilines is 1. The van der Waals surface area contributed by atoms with Crippen LogP contribution in [0.2, 0.25) is 0 Å². The molecule has 4 rings (SSSR count). The molecule has 0 aromatic heterocycles. The molecule has 0 spiro atoms. The normalized spacial score (nSPS) is 18.4. The number of nitrogens with one attached hydrogen (secondary N) is 1. The Morgan fingerprint density at radius 2 is 1.69 bits per heavy atom. The molecule has 2 heterocycles. The van der Waals surface area contributed by atoms with Crippen molar-refractivity contribution in [1.82, 2.24) is 9.80 Å². The molecule has 3 amide bonds. The quantitative estimate of drug-likeness (QED) is 0.833. The summed E-state index contributed by atoms with van der Waals surface area (Å²) in [5.41, 5.74) is 3.65. The molecule has 6 heteroatoms. The van der Waals surface area contributed by atoms with Crippen LogP contribution in [0, 0.1) is 0 Å². The van der Waals surface area contributed by atoms with Crippen molar-refractivity contribution in [2.45, 2.75) is 44.8 Å². The number of nitrogens with zero attached hydrogens (tertiary/aromatic N) is 2. The van der Waals surface area contributed by atoms with Gasteiger partial charge in [-0.15, -0.1) is 0 Å². The molecule has 2 aliphatic rings. The zero-order chi connectivity index (χ0) is 20.2. The molecule has 2 aromatic carbocycles. The number of benzene rings is 2. The van der Waals surface area contributed by atoms with Gasteiger partial charge in [0.25, 0.3) is 5.91 Å². The maximum Gasteiger partial charge on any atom is 0.322 e. The molecule has 0 unspecified atom stereocenters. The Kier molecular flexibility index (Phi) is 5.81. The van der Waals surface area contributed by atoms with E-state index in [9.17, 15) is 14.7 Å². The molecule has 2 N–H and O–H groups in total. The van der Waals surface area contributed by atoms with Gasteiger partial charge in [-0.25, -0.2) is 4.79 Å². The van der Waals surface area contributed by atoms with Gasteiger partial charge in [0.2, 0.25) is 0 Å². The first kappa shape index (κ1) is 19.5. The van der Waals surface area contributed by atoms with Crippen molar-refractivity contribution in [3.63, 3.8) is 0 Å². The molecule has 2 aliphatic heterocycles. The number of aliphatic hydroxyl groups is 1. The maximum atomic E-state index is 12.9. The van der Waals surface area contributed by atoms with Crippen LogP contribution in [0.3, 0.4) is 0 Å². The first-order valence-corrected chi connectivity index (χ1v) is 10.3. The zero-order valence-corrected chi connectivity index (χ0v) is 16.5. The van der Waals surface area contributed by atoms with E-state index in [-0.39, 0.29) is 24.6 Å². The Labute approximate surface area is 171 Å². The van der Waals surface area contributed by atoms with Crippen molar-refractivity contribution >= 4 is 17.6 Å². The van der Waals surface area contributed by atoms with E-state index in [1.54, 1.807) is 29.2 Å². The van der Waals surface area contributed by atoms with Crippen LogP contribution >= 0.6 is 0 Å². The van der Waals surface area contributed by atoms with E-state index in [0.29, 0.717) is 30.8 Å². The second kappa shape index (κ2) is 8.66. The van der Waals surface area contributed by atoms with E-state index in [1.165, 1.54) is 11.1 Å². The number of hydrogen-bond acceptors (Lipinski definition) is 3. The SMILES string of the molecule is O=C(Nc1ccc(C(=O)N2CCCC[C@H]2CCO)cc1)N1Cc2ccccc2C1. The number of urea groups is 1. The first-order chi connectivity index (χ1) is 14.2. The summed E-state index contributed by atoms with van der Waals surface area (Å²) < 4.78 is 0. The number of piperidine rings is 1. The summed E-state index contributed by atoms with van der Waals surface area (Å²) in [6.07, 6.45) is 3.66. The second-order valence-corrected chi connectivity index (χ2v) is 7.79. The third kappa shape index (κ3) is 4.27. The van der Waals surface area contributed by atoms with Crippen molar-refractivity contribution in [3.05, 3.63) is 65.2 Å². The number of hydrogen-bond donors (Lipinski definition) is 2. The van der Waals surface area contributed by atoms with E-state index in [0.717, 1.165) is 25.8 Å². The van der Waals surface area contributed by atoms with Crippen molar-refractivity contribution in [3.8, 4) is 0 Å². The van der Waals surface area contributed by atoms with Crippen molar-refractivity contribution in [1.29, 1.82) is 0 Å². The summed E-state index contributed by atoms with van der Waals surface area (Å²) in [7, 11) is 0. The number of rotatable bonds is 4. The van der Waals surface area contributed by atoms with Gasteiger partial charge in [0.15, 0.2) is 0 Å². The standard InChI is InChI=1S/C23H27N3O3/c27-14-12-21-7-3-4-13-26(21)22(28)17-8-10-20(11-9-17)24-23(29)25-15-18-5-1-2-6-19(18)16-25/h1-2,5-6,8-11,21,27H,3-4,7,12-16H2,(H,24,29)/t21-/m0/s1. The monoisotopic (exact) mass is 393 g/mol. The lowest BCUT2D eigenvalue weighted by molar-refractivity contribution is 0.0574. The molecule has 29 heavy (non-hydrogen) atoms. The molecule has 0 saturated carbocycles. The van der Waals surface area contributed by atoms with Gasteiger partial charge in [0.1, 0.15) is 0 Å². The molecule has 1 fully saturated rings. The minimum Gasteiger partial charge on any atom is -0.396 e. The van der Waals surface area contributed by atoms with Gasteiger partial charge >= 0.3 is 6.03 Å². The largest absolute Gasteiger partial charge is 0.396 e. The molecule has 152 valence electrons. The average molecular weight is 393 g/mol. The summed E-state index contributed by atoms with van der Waals surface area (Å²) in [6, 6.07) is 15.1. The lowest BCUT2D eigenvalue weighted by Gasteiger charge is -2.35. The zero-order valence-electron chi connectivity index (χ0n) is 16.5. The molecule has 1 atom stereocenters. The van der Waals surface area contributed by atoms with Crippen LogP contribution in [0.25, 0.3) is 0 Å². The number of amides is 3. The van der Waals surface area contributed by atoms with E-state index in [4.69, 9.17) is 0 Å². The molecular formula is C23H27N3O3. The summed E-state index contributed by atoms with van der Waals surface area (Å²) in [5, 5.41) is 12.2. The average Bonchev–Trinajstić information content (AvgIpc) is 3.19. The fraction of sp³-hybridized carbons (Fsp3) is 0.391. The van der Waals surface area contributed by atoms with Crippen LogP contribution in [0.4, 0.5) is 10.5 Å². The molecule has 1 saturated heterocycles. The molecule has 6 nitrogen and oxygen atoms in total. The highest BCUT2D eigenvalue weighted by atomic mass is 16.3.